The summed E-state index contributed by atoms with van der Waals surface area (Å²) in [7, 11) is 6.16. The predicted molar refractivity (Wildman–Crippen MR) is 196 cm³/mol. The highest BCUT2D eigenvalue weighted by molar-refractivity contribution is 6.06. The Morgan fingerprint density at radius 3 is 1.58 bits per heavy atom. The molecule has 4 aromatic heterocycles. The molecule has 16 heteroatoms. The number of para-hydroxylation sites is 2. The molecule has 0 saturated carbocycles. The van der Waals surface area contributed by atoms with Crippen LogP contribution in [0.25, 0.3) is 21.8 Å². The lowest BCUT2D eigenvalue weighted by Gasteiger charge is -2.10. The maximum Gasteiger partial charge on any atom is 0.271 e. The molecule has 0 bridgehead atoms. The summed E-state index contributed by atoms with van der Waals surface area (Å²) in [5.74, 6) is 1.44. The number of nitrogens with one attached hydrogen (secondary N) is 2. The number of nitrogens with zero attached hydrogens (tertiary/aromatic N) is 6. The SMILES string of the molecule is CC.COc1ccc(CNC(=O)c2nc(N)nc3c(OC)cccc23)nc1.COc1cccc(CNC(=O)c2nc(N)nc3c(OC)cccc23)n1. The number of hydrogen-bond donors (Lipinski definition) is 4. The Balaban J connectivity index is 0.000000222. The molecule has 2 amide bonds. The molecule has 16 nitrogen and oxygen atoms in total. The largest absolute Gasteiger partial charge is 0.495 e. The fourth-order valence-electron chi connectivity index (χ4n) is 4.78. The maximum atomic E-state index is 12.6. The van der Waals surface area contributed by atoms with Gasteiger partial charge in [-0.25, -0.2) is 24.9 Å². The van der Waals surface area contributed by atoms with Crippen LogP contribution in [0.15, 0.2) is 72.9 Å². The number of aromatic nitrogens is 6. The van der Waals surface area contributed by atoms with Crippen molar-refractivity contribution in [2.45, 2.75) is 26.9 Å². The normalized spacial score (nSPS) is 10.2. The van der Waals surface area contributed by atoms with E-state index in [1.807, 2.05) is 13.8 Å². The molecule has 6 N–H and O–H groups in total. The van der Waals surface area contributed by atoms with Crippen molar-refractivity contribution in [1.29, 1.82) is 0 Å². The van der Waals surface area contributed by atoms with Crippen LogP contribution in [0.3, 0.4) is 0 Å². The van der Waals surface area contributed by atoms with Crippen molar-refractivity contribution in [2.24, 2.45) is 0 Å². The highest BCUT2D eigenvalue weighted by atomic mass is 16.5. The molecule has 0 spiro atoms. The first kappa shape index (κ1) is 38.0. The number of nitrogen functional groups attached to an aromatic ring is 2. The molecule has 270 valence electrons. The number of rotatable bonds is 10. The molecule has 2 aromatic carbocycles. The predicted octanol–water partition coefficient (Wildman–Crippen LogP) is 4.13. The molecule has 0 saturated heterocycles. The fraction of sp³-hybridized carbons (Fsp3) is 0.222. The van der Waals surface area contributed by atoms with E-state index in [9.17, 15) is 9.59 Å². The van der Waals surface area contributed by atoms with Gasteiger partial charge in [0, 0.05) is 16.8 Å². The monoisotopic (exact) mass is 708 g/mol. The lowest BCUT2D eigenvalue weighted by atomic mass is 10.1. The van der Waals surface area contributed by atoms with Gasteiger partial charge in [-0.05, 0) is 30.3 Å². The molecule has 0 atom stereocenters. The van der Waals surface area contributed by atoms with E-state index in [2.05, 4.69) is 40.5 Å². The molecule has 0 fully saturated rings. The standard InChI is InChI=1S/2C17H17N5O3.C2H6/c1-24-12-7-4-6-11-14(12)21-17(18)22-15(11)16(23)19-9-10-5-3-8-13(20-10)25-2;1-24-11-7-6-10(19-9-11)8-20-16(23)15-12-4-3-5-13(25-2)14(12)21-17(18)22-15;1-2/h3-8H,9H2,1-2H3,(H,19,23)(H2,18,21,22);3-7,9H,8H2,1-2H3,(H,20,23)(H2,18,21,22);1-2H3. The highest BCUT2D eigenvalue weighted by Crippen LogP contribution is 2.27. The van der Waals surface area contributed by atoms with Crippen LogP contribution < -0.4 is 41.0 Å². The second kappa shape index (κ2) is 18.2. The minimum absolute atomic E-state index is 0.00153. The number of carbonyl (C=O) groups is 2. The molecule has 0 aliphatic heterocycles. The van der Waals surface area contributed by atoms with Gasteiger partial charge in [0.2, 0.25) is 17.8 Å². The summed E-state index contributed by atoms with van der Waals surface area (Å²) in [6, 6.07) is 19.4. The molecule has 0 unspecified atom stereocenters. The van der Waals surface area contributed by atoms with Crippen LogP contribution in [-0.2, 0) is 13.1 Å². The molecule has 0 radical (unpaired) electrons. The number of nitrogens with two attached hydrogens (primary N) is 2. The Bertz CT molecular complexity index is 2150. The van der Waals surface area contributed by atoms with Gasteiger partial charge in [0.1, 0.15) is 39.7 Å². The van der Waals surface area contributed by atoms with Gasteiger partial charge in [-0.1, -0.05) is 44.2 Å². The topological polar surface area (TPSA) is 224 Å². The Kier molecular flexibility index (Phi) is 13.3. The van der Waals surface area contributed by atoms with E-state index in [4.69, 9.17) is 30.4 Å². The number of pyridine rings is 2. The van der Waals surface area contributed by atoms with E-state index in [0.29, 0.717) is 56.3 Å². The van der Waals surface area contributed by atoms with Crippen LogP contribution in [0.2, 0.25) is 0 Å². The number of anilines is 2. The average molecular weight is 709 g/mol. The molecule has 0 aliphatic rings. The number of amides is 2. The third-order valence-electron chi connectivity index (χ3n) is 7.17. The summed E-state index contributed by atoms with van der Waals surface area (Å²) in [6.07, 6.45) is 1.59. The van der Waals surface area contributed by atoms with Crippen molar-refractivity contribution in [3.63, 3.8) is 0 Å². The summed E-state index contributed by atoms with van der Waals surface area (Å²) in [5, 5.41) is 6.68. The highest BCUT2D eigenvalue weighted by Gasteiger charge is 2.18. The minimum atomic E-state index is -0.378. The second-order valence-corrected chi connectivity index (χ2v) is 10.3. The third kappa shape index (κ3) is 9.23. The van der Waals surface area contributed by atoms with Gasteiger partial charge in [0.15, 0.2) is 0 Å². The molecule has 0 aliphatic carbocycles. The Morgan fingerprint density at radius 1 is 0.596 bits per heavy atom. The minimum Gasteiger partial charge on any atom is -0.495 e. The van der Waals surface area contributed by atoms with E-state index < -0.39 is 0 Å². The average Bonchev–Trinajstić information content (AvgIpc) is 3.19. The van der Waals surface area contributed by atoms with Gasteiger partial charge in [-0.15, -0.1) is 0 Å². The number of ether oxygens (including phenoxy) is 4. The van der Waals surface area contributed by atoms with E-state index in [-0.39, 0.29) is 48.2 Å². The lowest BCUT2D eigenvalue weighted by Crippen LogP contribution is -2.25. The lowest BCUT2D eigenvalue weighted by molar-refractivity contribution is 0.0939. The number of carbonyl (C=O) groups excluding carboxylic acids is 2. The zero-order chi connectivity index (χ0) is 37.6. The van der Waals surface area contributed by atoms with Crippen molar-refractivity contribution in [3.05, 3.63) is 95.7 Å². The number of methoxy groups -OCH3 is 4. The smallest absolute Gasteiger partial charge is 0.271 e. The molecule has 4 heterocycles. The van der Waals surface area contributed by atoms with Crippen molar-refractivity contribution >= 4 is 45.5 Å². The fourth-order valence-corrected chi connectivity index (χ4v) is 4.78. The van der Waals surface area contributed by atoms with E-state index in [1.54, 1.807) is 80.0 Å². The zero-order valence-electron chi connectivity index (χ0n) is 29.6. The van der Waals surface area contributed by atoms with Gasteiger partial charge in [-0.3, -0.25) is 14.6 Å². The second-order valence-electron chi connectivity index (χ2n) is 10.3. The third-order valence-corrected chi connectivity index (χ3v) is 7.17. The summed E-state index contributed by atoms with van der Waals surface area (Å²) < 4.78 is 20.7. The number of fused-ring (bicyclic) bond motifs is 2. The quantitative estimate of drug-likeness (QED) is 0.157. The first-order valence-electron chi connectivity index (χ1n) is 16.0. The Labute approximate surface area is 300 Å². The maximum absolute atomic E-state index is 12.6. The summed E-state index contributed by atoms with van der Waals surface area (Å²) in [6.45, 7) is 4.48. The van der Waals surface area contributed by atoms with Crippen LogP contribution in [0, 0.1) is 0 Å². The van der Waals surface area contributed by atoms with E-state index in [0.717, 1.165) is 0 Å². The Morgan fingerprint density at radius 2 is 1.12 bits per heavy atom. The van der Waals surface area contributed by atoms with Gasteiger partial charge in [0.25, 0.3) is 11.8 Å². The van der Waals surface area contributed by atoms with Gasteiger partial charge < -0.3 is 41.0 Å². The molecular weight excluding hydrogens is 668 g/mol. The number of benzene rings is 2. The molecule has 52 heavy (non-hydrogen) atoms. The van der Waals surface area contributed by atoms with Crippen molar-refractivity contribution in [1.82, 2.24) is 40.5 Å². The molecule has 6 rings (SSSR count). The van der Waals surface area contributed by atoms with Crippen molar-refractivity contribution < 1.29 is 28.5 Å². The van der Waals surface area contributed by atoms with Crippen LogP contribution in [0.1, 0.15) is 46.2 Å². The van der Waals surface area contributed by atoms with Crippen LogP contribution >= 0.6 is 0 Å². The van der Waals surface area contributed by atoms with Gasteiger partial charge >= 0.3 is 0 Å². The van der Waals surface area contributed by atoms with Crippen LogP contribution in [-0.4, -0.2) is 70.2 Å². The van der Waals surface area contributed by atoms with E-state index >= 15 is 0 Å². The summed E-state index contributed by atoms with van der Waals surface area (Å²) >= 11 is 0. The van der Waals surface area contributed by atoms with E-state index in [1.165, 1.54) is 21.3 Å². The first-order chi connectivity index (χ1) is 25.2. The Hall–Kier alpha value is -6.84. The number of hydrogen-bond acceptors (Lipinski definition) is 14. The van der Waals surface area contributed by atoms with Gasteiger partial charge in [0.05, 0.1) is 59.1 Å². The molecule has 6 aromatic rings. The van der Waals surface area contributed by atoms with Crippen molar-refractivity contribution in [2.75, 3.05) is 39.9 Å². The molecular formula is C36H40N10O6. The zero-order valence-corrected chi connectivity index (χ0v) is 29.6. The summed E-state index contributed by atoms with van der Waals surface area (Å²) in [4.78, 5) is 50.1. The van der Waals surface area contributed by atoms with Gasteiger partial charge in [-0.2, -0.15) is 0 Å². The van der Waals surface area contributed by atoms with Crippen LogP contribution in [0.4, 0.5) is 11.9 Å². The van der Waals surface area contributed by atoms with Crippen molar-refractivity contribution in [3.8, 4) is 23.1 Å². The summed E-state index contributed by atoms with van der Waals surface area (Å²) in [5.41, 5.74) is 14.2. The first-order valence-corrected chi connectivity index (χ1v) is 16.0. The van der Waals surface area contributed by atoms with Crippen LogP contribution in [0.5, 0.6) is 23.1 Å².